The Balaban J connectivity index is 0.00000242. The number of halogens is 1. The van der Waals surface area contributed by atoms with Crippen molar-refractivity contribution in [3.05, 3.63) is 0 Å². The number of nitrogens with one attached hydrogen (secondary N) is 2. The van der Waals surface area contributed by atoms with E-state index in [4.69, 9.17) is 9.47 Å². The van der Waals surface area contributed by atoms with Gasteiger partial charge in [-0.25, -0.2) is 8.42 Å². The first-order chi connectivity index (χ1) is 9.98. The van der Waals surface area contributed by atoms with Crippen molar-refractivity contribution in [2.75, 3.05) is 38.8 Å². The quantitative estimate of drug-likeness (QED) is 0.250. The minimum Gasteiger partial charge on any atom is -0.379 e. The molecule has 2 rings (SSSR count). The molecule has 2 fully saturated rings. The average molecular weight is 447 g/mol. The van der Waals surface area contributed by atoms with Crippen molar-refractivity contribution in [2.24, 2.45) is 4.99 Å². The Hall–Kier alpha value is -0.130. The summed E-state index contributed by atoms with van der Waals surface area (Å²) in [5.41, 5.74) is 0. The molecule has 2 saturated heterocycles. The van der Waals surface area contributed by atoms with Gasteiger partial charge in [0, 0.05) is 19.8 Å². The van der Waals surface area contributed by atoms with Crippen molar-refractivity contribution in [1.29, 1.82) is 0 Å². The third-order valence-electron chi connectivity index (χ3n) is 3.79. The summed E-state index contributed by atoms with van der Waals surface area (Å²) in [5.74, 6) is 0.797. The van der Waals surface area contributed by atoms with Crippen molar-refractivity contribution >= 4 is 39.8 Å². The van der Waals surface area contributed by atoms with Crippen LogP contribution in [0.15, 0.2) is 4.99 Å². The predicted molar refractivity (Wildman–Crippen MR) is 96.7 cm³/mol. The van der Waals surface area contributed by atoms with Crippen molar-refractivity contribution in [1.82, 2.24) is 10.6 Å². The van der Waals surface area contributed by atoms with E-state index < -0.39 is 9.84 Å². The van der Waals surface area contributed by atoms with Gasteiger partial charge in [0.25, 0.3) is 0 Å². The molecule has 0 aromatic carbocycles. The summed E-state index contributed by atoms with van der Waals surface area (Å²) in [6.45, 7) is 1.27. The Bertz CT molecular complexity index is 472. The number of guanidine groups is 1. The van der Waals surface area contributed by atoms with E-state index in [9.17, 15) is 8.42 Å². The molecule has 9 heteroatoms. The summed E-state index contributed by atoms with van der Waals surface area (Å²) in [5, 5.41) is 6.54. The maximum atomic E-state index is 10.9. The number of hydrogen-bond donors (Lipinski definition) is 2. The van der Waals surface area contributed by atoms with Gasteiger partial charge in [-0.15, -0.1) is 24.0 Å². The molecular formula is C13H26IN3O4S. The van der Waals surface area contributed by atoms with Crippen LogP contribution in [0, 0.1) is 0 Å². The van der Waals surface area contributed by atoms with E-state index in [1.165, 1.54) is 12.7 Å². The maximum Gasteiger partial charge on any atom is 0.191 e. The van der Waals surface area contributed by atoms with E-state index in [0.717, 1.165) is 18.8 Å². The standard InChI is InChI=1S/C13H25N3O4S.HI/c1-14-13(15-5-6-19-7-8-21(2,17)18)16-11-9-10-3-4-12(11)20-10;/h10-12H,3-9H2,1-2H3,(H2,14,15,16);1H. The SMILES string of the molecule is CN=C(NCCOCCS(C)(=O)=O)NC1CC2CCC1O2.I. The molecule has 3 atom stereocenters. The van der Waals surface area contributed by atoms with Gasteiger partial charge in [-0.1, -0.05) is 0 Å². The minimum atomic E-state index is -2.95. The highest BCUT2D eigenvalue weighted by Gasteiger charge is 2.41. The predicted octanol–water partition coefficient (Wildman–Crippen LogP) is 0.151. The third-order valence-corrected chi connectivity index (χ3v) is 4.70. The van der Waals surface area contributed by atoms with Crippen molar-refractivity contribution in [3.8, 4) is 0 Å². The minimum absolute atomic E-state index is 0. The monoisotopic (exact) mass is 447 g/mol. The first kappa shape index (κ1) is 19.9. The van der Waals surface area contributed by atoms with Crippen LogP contribution in [0.2, 0.25) is 0 Å². The van der Waals surface area contributed by atoms with Gasteiger partial charge in [-0.2, -0.15) is 0 Å². The summed E-state index contributed by atoms with van der Waals surface area (Å²) < 4.78 is 32.9. The van der Waals surface area contributed by atoms with Crippen LogP contribution in [-0.2, 0) is 19.3 Å². The summed E-state index contributed by atoms with van der Waals surface area (Å²) in [4.78, 5) is 4.18. The fourth-order valence-electron chi connectivity index (χ4n) is 2.71. The van der Waals surface area contributed by atoms with Crippen LogP contribution < -0.4 is 10.6 Å². The van der Waals surface area contributed by atoms with Crippen molar-refractivity contribution in [3.63, 3.8) is 0 Å². The number of nitrogens with zero attached hydrogens (tertiary/aromatic N) is 1. The number of rotatable bonds is 7. The fraction of sp³-hybridized carbons (Fsp3) is 0.923. The molecule has 0 saturated carbocycles. The second kappa shape index (κ2) is 9.24. The smallest absolute Gasteiger partial charge is 0.191 e. The molecule has 0 aliphatic carbocycles. The van der Waals surface area contributed by atoms with E-state index in [2.05, 4.69) is 15.6 Å². The molecule has 3 unspecified atom stereocenters. The molecule has 2 bridgehead atoms. The second-order valence-corrected chi connectivity index (χ2v) is 7.86. The highest BCUT2D eigenvalue weighted by Crippen LogP contribution is 2.34. The lowest BCUT2D eigenvalue weighted by molar-refractivity contribution is 0.0992. The first-order valence-corrected chi connectivity index (χ1v) is 9.42. The number of hydrogen-bond acceptors (Lipinski definition) is 5. The molecule has 0 spiro atoms. The Kier molecular flexibility index (Phi) is 8.36. The van der Waals surface area contributed by atoms with E-state index in [-0.39, 0.29) is 36.3 Å². The van der Waals surface area contributed by atoms with Crippen molar-refractivity contribution < 1.29 is 17.9 Å². The fourth-order valence-corrected chi connectivity index (χ4v) is 3.13. The summed E-state index contributed by atoms with van der Waals surface area (Å²) >= 11 is 0. The lowest BCUT2D eigenvalue weighted by Crippen LogP contribution is -2.48. The average Bonchev–Trinajstić information content (AvgIpc) is 3.02. The highest BCUT2D eigenvalue weighted by molar-refractivity contribution is 14.0. The van der Waals surface area contributed by atoms with E-state index in [1.807, 2.05) is 0 Å². The largest absolute Gasteiger partial charge is 0.379 e. The zero-order chi connectivity index (χ0) is 15.3. The molecule has 0 aromatic rings. The molecule has 2 aliphatic heterocycles. The van der Waals surface area contributed by atoms with Crippen LogP contribution in [0.5, 0.6) is 0 Å². The number of ether oxygens (including phenoxy) is 2. The molecule has 2 N–H and O–H groups in total. The van der Waals surface area contributed by atoms with Gasteiger partial charge in [-0.05, 0) is 19.3 Å². The Morgan fingerprint density at radius 1 is 1.36 bits per heavy atom. The molecule has 7 nitrogen and oxygen atoms in total. The van der Waals surface area contributed by atoms with Gasteiger partial charge < -0.3 is 20.1 Å². The van der Waals surface area contributed by atoms with Gasteiger partial charge in [0.15, 0.2) is 5.96 Å². The van der Waals surface area contributed by atoms with E-state index in [0.29, 0.717) is 31.4 Å². The van der Waals surface area contributed by atoms with Crippen molar-refractivity contribution in [2.45, 2.75) is 37.5 Å². The lowest BCUT2D eigenvalue weighted by atomic mass is 9.96. The van der Waals surface area contributed by atoms with Crippen LogP contribution in [0.4, 0.5) is 0 Å². The molecule has 130 valence electrons. The van der Waals surface area contributed by atoms with Crippen LogP contribution >= 0.6 is 24.0 Å². The molecule has 0 radical (unpaired) electrons. The molecule has 2 heterocycles. The molecular weight excluding hydrogens is 421 g/mol. The van der Waals surface area contributed by atoms with Crippen LogP contribution in [0.1, 0.15) is 19.3 Å². The summed E-state index contributed by atoms with van der Waals surface area (Å²) in [6, 6.07) is 0.334. The zero-order valence-electron chi connectivity index (χ0n) is 13.1. The topological polar surface area (TPSA) is 89.0 Å². The number of aliphatic imine (C=N–C) groups is 1. The first-order valence-electron chi connectivity index (χ1n) is 7.36. The summed E-state index contributed by atoms with van der Waals surface area (Å²) in [7, 11) is -1.22. The molecule has 0 amide bonds. The van der Waals surface area contributed by atoms with Gasteiger partial charge in [-0.3, -0.25) is 4.99 Å². The van der Waals surface area contributed by atoms with Crippen LogP contribution in [-0.4, -0.2) is 71.4 Å². The van der Waals surface area contributed by atoms with E-state index in [1.54, 1.807) is 7.05 Å². The molecule has 0 aromatic heterocycles. The number of fused-ring (bicyclic) bond motifs is 2. The van der Waals surface area contributed by atoms with Crippen LogP contribution in [0.3, 0.4) is 0 Å². The lowest BCUT2D eigenvalue weighted by Gasteiger charge is -2.22. The van der Waals surface area contributed by atoms with Crippen LogP contribution in [0.25, 0.3) is 0 Å². The molecule has 22 heavy (non-hydrogen) atoms. The molecule has 2 aliphatic rings. The summed E-state index contributed by atoms with van der Waals surface area (Å²) in [6.07, 6.45) is 5.25. The Morgan fingerprint density at radius 2 is 2.14 bits per heavy atom. The van der Waals surface area contributed by atoms with Gasteiger partial charge in [0.2, 0.25) is 0 Å². The Labute approximate surface area is 149 Å². The number of sulfone groups is 1. The normalized spacial score (nSPS) is 27.5. The van der Waals surface area contributed by atoms with E-state index >= 15 is 0 Å². The highest BCUT2D eigenvalue weighted by atomic mass is 127. The maximum absolute atomic E-state index is 10.9. The van der Waals surface area contributed by atoms with Gasteiger partial charge >= 0.3 is 0 Å². The third kappa shape index (κ3) is 6.55. The van der Waals surface area contributed by atoms with Gasteiger partial charge in [0.1, 0.15) is 9.84 Å². The Morgan fingerprint density at radius 3 is 2.68 bits per heavy atom. The van der Waals surface area contributed by atoms with Gasteiger partial charge in [0.05, 0.1) is 37.2 Å². The second-order valence-electron chi connectivity index (χ2n) is 5.60. The zero-order valence-corrected chi connectivity index (χ0v) is 16.2.